The fraction of sp³-hybridized carbons (Fsp3) is 0.545. The molecule has 0 radical (unpaired) electrons. The van der Waals surface area contributed by atoms with Crippen LogP contribution in [0.4, 0.5) is 5.82 Å². The number of nitrogens with zero attached hydrogens (tertiary/aromatic N) is 3. The molecule has 2 aromatic rings. The van der Waals surface area contributed by atoms with Gasteiger partial charge in [-0.15, -0.1) is 0 Å². The molecule has 1 aromatic carbocycles. The minimum atomic E-state index is -0.357. The molecule has 148 valence electrons. The predicted molar refractivity (Wildman–Crippen MR) is 107 cm³/mol. The van der Waals surface area contributed by atoms with Gasteiger partial charge in [-0.3, -0.25) is 4.90 Å². The van der Waals surface area contributed by atoms with Crippen molar-refractivity contribution in [2.75, 3.05) is 11.9 Å². The summed E-state index contributed by atoms with van der Waals surface area (Å²) in [7, 11) is 0. The number of benzene rings is 1. The molecule has 0 bridgehead atoms. The van der Waals surface area contributed by atoms with E-state index in [0.29, 0.717) is 18.3 Å². The minimum Gasteiger partial charge on any atom is -0.474 e. The van der Waals surface area contributed by atoms with Gasteiger partial charge in [0.15, 0.2) is 0 Å². The molecule has 1 unspecified atom stereocenters. The number of aromatic nitrogens is 2. The van der Waals surface area contributed by atoms with Crippen LogP contribution in [0.5, 0.6) is 5.88 Å². The monoisotopic (exact) mass is 380 g/mol. The highest BCUT2D eigenvalue weighted by molar-refractivity contribution is 5.38. The number of nitrogens with one attached hydrogen (secondary N) is 1. The van der Waals surface area contributed by atoms with E-state index in [1.807, 2.05) is 6.07 Å². The summed E-state index contributed by atoms with van der Waals surface area (Å²) < 4.78 is 6.13. The maximum Gasteiger partial charge on any atom is 0.218 e. The highest BCUT2D eigenvalue weighted by Gasteiger charge is 2.39. The van der Waals surface area contributed by atoms with Gasteiger partial charge in [-0.1, -0.05) is 24.3 Å². The normalized spacial score (nSPS) is 27.8. The molecule has 28 heavy (non-hydrogen) atoms. The van der Waals surface area contributed by atoms with E-state index in [4.69, 9.17) is 4.74 Å². The molecule has 2 heterocycles. The van der Waals surface area contributed by atoms with Gasteiger partial charge in [0.1, 0.15) is 18.2 Å². The van der Waals surface area contributed by atoms with Crippen LogP contribution in [0.3, 0.4) is 0 Å². The third-order valence-corrected chi connectivity index (χ3v) is 6.47. The second-order valence-electron chi connectivity index (χ2n) is 8.35. The Morgan fingerprint density at radius 1 is 1.11 bits per heavy atom. The van der Waals surface area contributed by atoms with Gasteiger partial charge in [-0.25, -0.2) is 9.97 Å². The van der Waals surface area contributed by atoms with E-state index in [9.17, 15) is 5.11 Å². The first kappa shape index (κ1) is 17.9. The number of aliphatic hydroxyl groups is 1. The van der Waals surface area contributed by atoms with Crippen molar-refractivity contribution in [3.8, 4) is 5.88 Å². The second-order valence-corrected chi connectivity index (χ2v) is 8.35. The van der Waals surface area contributed by atoms with Crippen molar-refractivity contribution in [2.45, 2.75) is 69.4 Å². The summed E-state index contributed by atoms with van der Waals surface area (Å²) in [5.41, 5.74) is 2.82. The van der Waals surface area contributed by atoms with Gasteiger partial charge in [-0.05, 0) is 36.8 Å². The fourth-order valence-corrected chi connectivity index (χ4v) is 4.65. The van der Waals surface area contributed by atoms with E-state index >= 15 is 0 Å². The van der Waals surface area contributed by atoms with Crippen LogP contribution < -0.4 is 10.1 Å². The number of aliphatic hydroxyl groups excluding tert-OH is 1. The van der Waals surface area contributed by atoms with Crippen molar-refractivity contribution in [3.05, 3.63) is 47.8 Å². The Bertz CT molecular complexity index is 826. The fourth-order valence-electron chi connectivity index (χ4n) is 4.65. The Morgan fingerprint density at radius 3 is 2.79 bits per heavy atom. The third kappa shape index (κ3) is 3.71. The smallest absolute Gasteiger partial charge is 0.218 e. The lowest BCUT2D eigenvalue weighted by Crippen LogP contribution is -2.43. The minimum absolute atomic E-state index is 0.0105. The van der Waals surface area contributed by atoms with Crippen LogP contribution in [0, 0.1) is 0 Å². The molecule has 3 aliphatic rings. The summed E-state index contributed by atoms with van der Waals surface area (Å²) in [6, 6.07) is 11.2. The van der Waals surface area contributed by atoms with E-state index in [0.717, 1.165) is 31.7 Å². The van der Waals surface area contributed by atoms with Crippen molar-refractivity contribution in [2.24, 2.45) is 0 Å². The van der Waals surface area contributed by atoms with Crippen molar-refractivity contribution in [1.82, 2.24) is 14.9 Å². The Kier molecular flexibility index (Phi) is 4.91. The van der Waals surface area contributed by atoms with E-state index in [1.54, 1.807) is 6.33 Å². The van der Waals surface area contributed by atoms with Crippen LogP contribution in [0.1, 0.15) is 43.2 Å². The summed E-state index contributed by atoms with van der Waals surface area (Å²) >= 11 is 0. The average molecular weight is 380 g/mol. The van der Waals surface area contributed by atoms with Crippen molar-refractivity contribution in [3.63, 3.8) is 0 Å². The Labute approximate surface area is 166 Å². The van der Waals surface area contributed by atoms with E-state index in [2.05, 4.69) is 44.5 Å². The summed E-state index contributed by atoms with van der Waals surface area (Å²) in [6.45, 7) is 1.90. The molecule has 3 atom stereocenters. The number of ether oxygens (including phenoxy) is 1. The van der Waals surface area contributed by atoms with Crippen LogP contribution in [0.15, 0.2) is 36.7 Å². The third-order valence-electron chi connectivity index (χ3n) is 6.47. The molecular weight excluding hydrogens is 352 g/mol. The van der Waals surface area contributed by atoms with Crippen LogP contribution >= 0.6 is 0 Å². The number of fused-ring (bicyclic) bond motifs is 1. The number of rotatable bonds is 5. The second kappa shape index (κ2) is 7.68. The maximum absolute atomic E-state index is 10.7. The zero-order valence-corrected chi connectivity index (χ0v) is 16.1. The van der Waals surface area contributed by atoms with Crippen molar-refractivity contribution >= 4 is 5.82 Å². The average Bonchev–Trinajstić information content (AvgIpc) is 3.05. The van der Waals surface area contributed by atoms with Crippen LogP contribution in [-0.4, -0.2) is 50.8 Å². The van der Waals surface area contributed by atoms with Crippen LogP contribution in [-0.2, 0) is 13.0 Å². The molecule has 0 saturated heterocycles. The zero-order chi connectivity index (χ0) is 18.9. The predicted octanol–water partition coefficient (Wildman–Crippen LogP) is 2.77. The first-order chi connectivity index (χ1) is 13.7. The molecular formula is C22H28N4O2. The highest BCUT2D eigenvalue weighted by Crippen LogP contribution is 2.32. The molecule has 6 heteroatoms. The Balaban J connectivity index is 1.21. The van der Waals surface area contributed by atoms with E-state index in [-0.39, 0.29) is 18.2 Å². The number of anilines is 1. The lowest BCUT2D eigenvalue weighted by molar-refractivity contribution is 0.0625. The van der Waals surface area contributed by atoms with Crippen LogP contribution in [0.25, 0.3) is 0 Å². The first-order valence-corrected chi connectivity index (χ1v) is 10.5. The van der Waals surface area contributed by atoms with Gasteiger partial charge in [0.05, 0.1) is 6.10 Å². The molecule has 1 aromatic heterocycles. The van der Waals surface area contributed by atoms with Crippen molar-refractivity contribution < 1.29 is 9.84 Å². The maximum atomic E-state index is 10.7. The summed E-state index contributed by atoms with van der Waals surface area (Å²) in [5.74, 6) is 1.43. The number of hydrogen-bond acceptors (Lipinski definition) is 6. The topological polar surface area (TPSA) is 70.5 Å². The first-order valence-electron chi connectivity index (χ1n) is 10.5. The van der Waals surface area contributed by atoms with Gasteiger partial charge in [0.2, 0.25) is 5.88 Å². The van der Waals surface area contributed by atoms with Gasteiger partial charge < -0.3 is 15.2 Å². The van der Waals surface area contributed by atoms with Gasteiger partial charge in [0.25, 0.3) is 0 Å². The molecule has 2 N–H and O–H groups in total. The van der Waals surface area contributed by atoms with Gasteiger partial charge in [0, 0.05) is 44.1 Å². The Hall–Kier alpha value is -2.18. The lowest BCUT2D eigenvalue weighted by Gasteiger charge is -2.35. The highest BCUT2D eigenvalue weighted by atomic mass is 16.5. The molecule has 2 saturated carbocycles. The molecule has 2 fully saturated rings. The molecule has 0 spiro atoms. The SMILES string of the molecule is O[C@H]1C[C@H](Oc2cc(NC3CCC3)ncn2)CC1N1CCc2ccccc2C1. The molecule has 0 amide bonds. The molecule has 2 aliphatic carbocycles. The van der Waals surface area contributed by atoms with Gasteiger partial charge >= 0.3 is 0 Å². The summed E-state index contributed by atoms with van der Waals surface area (Å²) in [6.07, 6.45) is 7.41. The zero-order valence-electron chi connectivity index (χ0n) is 16.1. The quantitative estimate of drug-likeness (QED) is 0.831. The summed E-state index contributed by atoms with van der Waals surface area (Å²) in [5, 5.41) is 14.1. The summed E-state index contributed by atoms with van der Waals surface area (Å²) in [4.78, 5) is 11.0. The van der Waals surface area contributed by atoms with E-state index < -0.39 is 0 Å². The molecule has 5 rings (SSSR count). The molecule has 6 nitrogen and oxygen atoms in total. The largest absolute Gasteiger partial charge is 0.474 e. The standard InChI is InChI=1S/C22H28N4O2/c27-20-11-18(28-22-12-21(23-14-24-22)25-17-6-3-7-17)10-19(20)26-9-8-15-4-1-2-5-16(15)13-26/h1-2,4-5,12,14,17-20,27H,3,6-11,13H2,(H,23,24,25)/t18-,19?,20+/m1/s1. The number of hydrogen-bond donors (Lipinski definition) is 2. The molecule has 1 aliphatic heterocycles. The Morgan fingerprint density at radius 2 is 1.96 bits per heavy atom. The van der Waals surface area contributed by atoms with Gasteiger partial charge in [-0.2, -0.15) is 0 Å². The lowest BCUT2D eigenvalue weighted by atomic mass is 9.93. The van der Waals surface area contributed by atoms with Crippen molar-refractivity contribution in [1.29, 1.82) is 0 Å². The van der Waals surface area contributed by atoms with Crippen LogP contribution in [0.2, 0.25) is 0 Å². The van der Waals surface area contributed by atoms with E-state index in [1.165, 1.54) is 30.4 Å².